The minimum atomic E-state index is 0.528. The summed E-state index contributed by atoms with van der Waals surface area (Å²) >= 11 is 0. The molecule has 0 bridgehead atoms. The van der Waals surface area contributed by atoms with E-state index in [0.717, 1.165) is 25.3 Å². The molecule has 16 heavy (non-hydrogen) atoms. The summed E-state index contributed by atoms with van der Waals surface area (Å²) in [5.74, 6) is 1.27. The molecular weight excluding hydrogens is 200 g/mol. The van der Waals surface area contributed by atoms with Crippen LogP contribution in [0.4, 0.5) is 11.5 Å². The number of fused-ring (bicyclic) bond motifs is 1. The Kier molecular flexibility index (Phi) is 3.08. The van der Waals surface area contributed by atoms with E-state index in [1.54, 1.807) is 0 Å². The average molecular weight is 222 g/mol. The first-order chi connectivity index (χ1) is 7.65. The number of nitrogens with zero attached hydrogens (tertiary/aromatic N) is 3. The van der Waals surface area contributed by atoms with Crippen LogP contribution in [0.2, 0.25) is 0 Å². The Morgan fingerprint density at radius 2 is 2.19 bits per heavy atom. The smallest absolute Gasteiger partial charge is 0.151 e. The molecule has 0 spiro atoms. The lowest BCUT2D eigenvalue weighted by molar-refractivity contribution is 0.595. The topological polar surface area (TPSA) is 33.1 Å². The zero-order chi connectivity index (χ0) is 11.7. The molecular formula is C12H22N4. The van der Waals surface area contributed by atoms with Crippen LogP contribution in [0.1, 0.15) is 32.9 Å². The molecule has 0 amide bonds. The van der Waals surface area contributed by atoms with Gasteiger partial charge in [0.25, 0.3) is 0 Å². The average Bonchev–Trinajstić information content (AvgIpc) is 2.47. The van der Waals surface area contributed by atoms with Crippen LogP contribution in [0.5, 0.6) is 0 Å². The van der Waals surface area contributed by atoms with Crippen molar-refractivity contribution in [1.29, 1.82) is 0 Å². The third-order valence-electron chi connectivity index (χ3n) is 3.17. The summed E-state index contributed by atoms with van der Waals surface area (Å²) in [5, 5.41) is 8.11. The fraction of sp³-hybridized carbons (Fsp3) is 0.750. The summed E-state index contributed by atoms with van der Waals surface area (Å²) in [5.41, 5.74) is 2.34. The van der Waals surface area contributed by atoms with Gasteiger partial charge in [-0.05, 0) is 34.1 Å². The highest BCUT2D eigenvalue weighted by molar-refractivity contribution is 5.70. The Labute approximate surface area is 97.6 Å². The van der Waals surface area contributed by atoms with E-state index in [0.29, 0.717) is 6.04 Å². The van der Waals surface area contributed by atoms with Gasteiger partial charge in [-0.25, -0.2) is 4.68 Å². The van der Waals surface area contributed by atoms with Crippen LogP contribution in [0.25, 0.3) is 0 Å². The van der Waals surface area contributed by atoms with Gasteiger partial charge in [0.05, 0.1) is 5.69 Å². The van der Waals surface area contributed by atoms with Crippen LogP contribution in [-0.2, 0) is 6.54 Å². The summed E-state index contributed by atoms with van der Waals surface area (Å²) in [6.45, 7) is 11.8. The molecule has 2 rings (SSSR count). The SMILES string of the molecule is CCn1nc(C)c2c1N(C(C)C)CCCN2. The summed E-state index contributed by atoms with van der Waals surface area (Å²) in [4.78, 5) is 2.46. The van der Waals surface area contributed by atoms with Gasteiger partial charge >= 0.3 is 0 Å². The number of hydrogen-bond donors (Lipinski definition) is 1. The summed E-state index contributed by atoms with van der Waals surface area (Å²) < 4.78 is 2.11. The lowest BCUT2D eigenvalue weighted by atomic mass is 10.3. The Morgan fingerprint density at radius 3 is 2.81 bits per heavy atom. The van der Waals surface area contributed by atoms with Gasteiger partial charge < -0.3 is 10.2 Å². The molecule has 0 saturated heterocycles. The first-order valence-corrected chi connectivity index (χ1v) is 6.23. The first-order valence-electron chi connectivity index (χ1n) is 6.23. The minimum Gasteiger partial charge on any atom is -0.380 e. The molecule has 1 aromatic rings. The number of hydrogen-bond acceptors (Lipinski definition) is 3. The first kappa shape index (κ1) is 11.3. The fourth-order valence-corrected chi connectivity index (χ4v) is 2.36. The van der Waals surface area contributed by atoms with Crippen molar-refractivity contribution in [2.24, 2.45) is 0 Å². The quantitative estimate of drug-likeness (QED) is 0.833. The fourth-order valence-electron chi connectivity index (χ4n) is 2.36. The van der Waals surface area contributed by atoms with Crippen molar-refractivity contribution >= 4 is 11.5 Å². The van der Waals surface area contributed by atoms with Crippen molar-refractivity contribution in [2.45, 2.75) is 46.7 Å². The molecule has 0 saturated carbocycles. The molecule has 4 nitrogen and oxygen atoms in total. The lowest BCUT2D eigenvalue weighted by Gasteiger charge is -2.28. The van der Waals surface area contributed by atoms with Crippen molar-refractivity contribution in [3.05, 3.63) is 5.69 Å². The maximum absolute atomic E-state index is 4.60. The maximum atomic E-state index is 4.60. The molecule has 1 aromatic heterocycles. The van der Waals surface area contributed by atoms with E-state index in [1.807, 2.05) is 0 Å². The van der Waals surface area contributed by atoms with E-state index in [-0.39, 0.29) is 0 Å². The van der Waals surface area contributed by atoms with E-state index in [4.69, 9.17) is 0 Å². The third-order valence-corrected chi connectivity index (χ3v) is 3.17. The van der Waals surface area contributed by atoms with E-state index in [9.17, 15) is 0 Å². The van der Waals surface area contributed by atoms with Gasteiger partial charge in [-0.15, -0.1) is 0 Å². The number of anilines is 2. The van der Waals surface area contributed by atoms with Gasteiger partial charge in [0.1, 0.15) is 5.69 Å². The maximum Gasteiger partial charge on any atom is 0.151 e. The normalized spacial score (nSPS) is 15.9. The Bertz CT molecular complexity index is 367. The highest BCUT2D eigenvalue weighted by Gasteiger charge is 2.24. The molecule has 0 unspecified atom stereocenters. The Balaban J connectivity index is 2.49. The molecule has 0 atom stereocenters. The van der Waals surface area contributed by atoms with E-state index in [1.165, 1.54) is 17.9 Å². The molecule has 1 aliphatic rings. The second-order valence-corrected chi connectivity index (χ2v) is 4.67. The molecule has 0 aromatic carbocycles. The summed E-state index contributed by atoms with van der Waals surface area (Å²) in [6.07, 6.45) is 1.19. The molecule has 0 radical (unpaired) electrons. The zero-order valence-corrected chi connectivity index (χ0v) is 10.7. The molecule has 2 heterocycles. The molecule has 0 fully saturated rings. The predicted octanol–water partition coefficient (Wildman–Crippen LogP) is 2.24. The minimum absolute atomic E-state index is 0.528. The largest absolute Gasteiger partial charge is 0.380 e. The number of nitrogens with one attached hydrogen (secondary N) is 1. The lowest BCUT2D eigenvalue weighted by Crippen LogP contribution is -2.33. The van der Waals surface area contributed by atoms with Crippen LogP contribution in [0.15, 0.2) is 0 Å². The van der Waals surface area contributed by atoms with Gasteiger partial charge in [-0.3, -0.25) is 0 Å². The number of aryl methyl sites for hydroxylation is 2. The van der Waals surface area contributed by atoms with Gasteiger partial charge in [-0.1, -0.05) is 0 Å². The van der Waals surface area contributed by atoms with Crippen molar-refractivity contribution in [3.8, 4) is 0 Å². The van der Waals surface area contributed by atoms with Crippen molar-refractivity contribution in [1.82, 2.24) is 9.78 Å². The highest BCUT2D eigenvalue weighted by atomic mass is 15.4. The summed E-state index contributed by atoms with van der Waals surface area (Å²) in [6, 6.07) is 0.528. The van der Waals surface area contributed by atoms with Crippen molar-refractivity contribution in [3.63, 3.8) is 0 Å². The molecule has 90 valence electrons. The molecule has 1 aliphatic heterocycles. The zero-order valence-electron chi connectivity index (χ0n) is 10.7. The van der Waals surface area contributed by atoms with Gasteiger partial charge in [-0.2, -0.15) is 5.10 Å². The van der Waals surface area contributed by atoms with Gasteiger partial charge in [0, 0.05) is 25.7 Å². The number of aromatic nitrogens is 2. The van der Waals surface area contributed by atoms with Crippen molar-refractivity contribution in [2.75, 3.05) is 23.3 Å². The Morgan fingerprint density at radius 1 is 1.44 bits per heavy atom. The van der Waals surface area contributed by atoms with E-state index >= 15 is 0 Å². The monoisotopic (exact) mass is 222 g/mol. The van der Waals surface area contributed by atoms with Crippen LogP contribution in [-0.4, -0.2) is 28.9 Å². The number of rotatable bonds is 2. The third kappa shape index (κ3) is 1.77. The second-order valence-electron chi connectivity index (χ2n) is 4.67. The predicted molar refractivity (Wildman–Crippen MR) is 68.2 cm³/mol. The second kappa shape index (κ2) is 4.36. The van der Waals surface area contributed by atoms with Crippen LogP contribution in [0, 0.1) is 6.92 Å². The van der Waals surface area contributed by atoms with Gasteiger partial charge in [0.15, 0.2) is 5.82 Å². The van der Waals surface area contributed by atoms with Gasteiger partial charge in [0.2, 0.25) is 0 Å². The van der Waals surface area contributed by atoms with Crippen LogP contribution < -0.4 is 10.2 Å². The summed E-state index contributed by atoms with van der Waals surface area (Å²) in [7, 11) is 0. The molecule has 0 aliphatic carbocycles. The van der Waals surface area contributed by atoms with Crippen molar-refractivity contribution < 1.29 is 0 Å². The van der Waals surface area contributed by atoms with Crippen LogP contribution in [0.3, 0.4) is 0 Å². The van der Waals surface area contributed by atoms with Crippen LogP contribution >= 0.6 is 0 Å². The van der Waals surface area contributed by atoms with E-state index in [2.05, 4.69) is 47.7 Å². The van der Waals surface area contributed by atoms with E-state index < -0.39 is 0 Å². The Hall–Kier alpha value is -1.19. The molecule has 1 N–H and O–H groups in total. The molecule has 4 heteroatoms. The standard InChI is InChI=1S/C12H22N4/c1-5-16-12-11(10(4)14-16)13-7-6-8-15(12)9(2)3/h9,13H,5-8H2,1-4H3. The highest BCUT2D eigenvalue weighted by Crippen LogP contribution is 2.32.